The van der Waals surface area contributed by atoms with Crippen LogP contribution in [0, 0.1) is 0 Å². The summed E-state index contributed by atoms with van der Waals surface area (Å²) < 4.78 is 1.02. The maximum absolute atomic E-state index is 9.96. The molecule has 0 saturated carbocycles. The molecule has 0 aliphatic carbocycles. The second kappa shape index (κ2) is 3.83. The van der Waals surface area contributed by atoms with Crippen LogP contribution in [0.4, 0.5) is 0 Å². The molecule has 0 saturated heterocycles. The van der Waals surface area contributed by atoms with Crippen molar-refractivity contribution in [3.8, 4) is 5.75 Å². The SMILES string of the molecule is CCc1ccc2c(SC)csc2c1O. The summed E-state index contributed by atoms with van der Waals surface area (Å²) in [5.74, 6) is 0.468. The monoisotopic (exact) mass is 224 g/mol. The Labute approximate surface area is 91.8 Å². The van der Waals surface area contributed by atoms with Gasteiger partial charge in [0.25, 0.3) is 0 Å². The molecule has 1 aromatic carbocycles. The second-order valence-corrected chi connectivity index (χ2v) is 4.84. The fourth-order valence-corrected chi connectivity index (χ4v) is 3.43. The molecule has 1 nitrogen and oxygen atoms in total. The summed E-state index contributed by atoms with van der Waals surface area (Å²) in [5.41, 5.74) is 1.03. The van der Waals surface area contributed by atoms with Gasteiger partial charge >= 0.3 is 0 Å². The van der Waals surface area contributed by atoms with Gasteiger partial charge in [0.05, 0.1) is 4.70 Å². The lowest BCUT2D eigenvalue weighted by molar-refractivity contribution is 0.476. The highest BCUT2D eigenvalue weighted by atomic mass is 32.2. The lowest BCUT2D eigenvalue weighted by Gasteiger charge is -2.02. The van der Waals surface area contributed by atoms with E-state index in [1.165, 1.54) is 10.3 Å². The van der Waals surface area contributed by atoms with E-state index >= 15 is 0 Å². The number of phenols is 1. The van der Waals surface area contributed by atoms with Gasteiger partial charge in [-0.25, -0.2) is 0 Å². The molecule has 3 heteroatoms. The van der Waals surface area contributed by atoms with E-state index in [1.54, 1.807) is 23.1 Å². The molecule has 0 radical (unpaired) electrons. The molecule has 2 aromatic rings. The molecular formula is C11H12OS2. The van der Waals surface area contributed by atoms with Gasteiger partial charge < -0.3 is 5.11 Å². The van der Waals surface area contributed by atoms with E-state index in [9.17, 15) is 5.11 Å². The Morgan fingerprint density at radius 2 is 2.21 bits per heavy atom. The van der Waals surface area contributed by atoms with Crippen molar-refractivity contribution in [2.24, 2.45) is 0 Å². The van der Waals surface area contributed by atoms with Crippen molar-refractivity contribution in [1.29, 1.82) is 0 Å². The van der Waals surface area contributed by atoms with E-state index in [1.807, 2.05) is 6.07 Å². The minimum Gasteiger partial charge on any atom is -0.506 e. The van der Waals surface area contributed by atoms with Crippen molar-refractivity contribution in [3.05, 3.63) is 23.1 Å². The van der Waals surface area contributed by atoms with Crippen LogP contribution in [0.15, 0.2) is 22.4 Å². The second-order valence-electron chi connectivity index (χ2n) is 3.11. The summed E-state index contributed by atoms with van der Waals surface area (Å²) in [6, 6.07) is 4.13. The summed E-state index contributed by atoms with van der Waals surface area (Å²) in [4.78, 5) is 1.25. The van der Waals surface area contributed by atoms with Crippen LogP contribution in [0.25, 0.3) is 10.1 Å². The van der Waals surface area contributed by atoms with Gasteiger partial charge in [-0.05, 0) is 18.2 Å². The van der Waals surface area contributed by atoms with Crippen LogP contribution >= 0.6 is 23.1 Å². The van der Waals surface area contributed by atoms with E-state index in [2.05, 4.69) is 24.6 Å². The normalized spacial score (nSPS) is 11.0. The standard InChI is InChI=1S/C11H12OS2/c1-3-7-4-5-8-9(13-2)6-14-11(8)10(7)12/h4-6,12H,3H2,1-2H3. The van der Waals surface area contributed by atoms with Gasteiger partial charge in [-0.2, -0.15) is 0 Å². The molecule has 0 spiro atoms. The van der Waals surface area contributed by atoms with E-state index in [0.717, 1.165) is 16.7 Å². The molecule has 1 heterocycles. The van der Waals surface area contributed by atoms with Crippen molar-refractivity contribution in [3.63, 3.8) is 0 Å². The largest absolute Gasteiger partial charge is 0.506 e. The first kappa shape index (κ1) is 9.87. The van der Waals surface area contributed by atoms with Crippen molar-refractivity contribution < 1.29 is 5.11 Å². The number of rotatable bonds is 2. The smallest absolute Gasteiger partial charge is 0.136 e. The molecule has 1 N–H and O–H groups in total. The number of thiophene rings is 1. The summed E-state index contributed by atoms with van der Waals surface area (Å²) >= 11 is 3.35. The highest BCUT2D eigenvalue weighted by molar-refractivity contribution is 7.99. The summed E-state index contributed by atoms with van der Waals surface area (Å²) in [6.07, 6.45) is 2.94. The van der Waals surface area contributed by atoms with E-state index in [-0.39, 0.29) is 0 Å². The minimum absolute atomic E-state index is 0.468. The zero-order valence-electron chi connectivity index (χ0n) is 8.20. The Morgan fingerprint density at radius 1 is 1.43 bits per heavy atom. The molecule has 0 bridgehead atoms. The number of aromatic hydroxyl groups is 1. The van der Waals surface area contributed by atoms with Crippen molar-refractivity contribution >= 4 is 33.2 Å². The Hall–Kier alpha value is -0.670. The van der Waals surface area contributed by atoms with Crippen LogP contribution < -0.4 is 0 Å². The van der Waals surface area contributed by atoms with E-state index < -0.39 is 0 Å². The Kier molecular flexibility index (Phi) is 2.70. The van der Waals surface area contributed by atoms with E-state index in [4.69, 9.17) is 0 Å². The summed E-state index contributed by atoms with van der Waals surface area (Å²) in [5, 5.41) is 13.2. The first-order valence-electron chi connectivity index (χ1n) is 4.54. The fourth-order valence-electron chi connectivity index (χ4n) is 1.54. The van der Waals surface area contributed by atoms with Gasteiger partial charge in [0, 0.05) is 15.7 Å². The van der Waals surface area contributed by atoms with Gasteiger partial charge in [-0.15, -0.1) is 23.1 Å². The molecule has 74 valence electrons. The number of hydrogen-bond acceptors (Lipinski definition) is 3. The average Bonchev–Trinajstić information content (AvgIpc) is 2.62. The van der Waals surface area contributed by atoms with Crippen molar-refractivity contribution in [2.75, 3.05) is 6.26 Å². The lowest BCUT2D eigenvalue weighted by atomic mass is 10.1. The third kappa shape index (κ3) is 1.41. The third-order valence-corrected chi connectivity index (χ3v) is 4.29. The topological polar surface area (TPSA) is 20.2 Å². The highest BCUT2D eigenvalue weighted by Crippen LogP contribution is 2.39. The van der Waals surface area contributed by atoms with Crippen LogP contribution in [0.5, 0.6) is 5.75 Å². The molecule has 2 rings (SSSR count). The van der Waals surface area contributed by atoms with Gasteiger partial charge in [-0.3, -0.25) is 0 Å². The molecule has 0 unspecified atom stereocenters. The van der Waals surface area contributed by atoms with E-state index in [0.29, 0.717) is 5.75 Å². The van der Waals surface area contributed by atoms with Crippen LogP contribution in [-0.4, -0.2) is 11.4 Å². The predicted octanol–water partition coefficient (Wildman–Crippen LogP) is 3.89. The van der Waals surface area contributed by atoms with Crippen LogP contribution in [0.2, 0.25) is 0 Å². The molecule has 0 fully saturated rings. The number of hydrogen-bond donors (Lipinski definition) is 1. The van der Waals surface area contributed by atoms with Crippen LogP contribution in [-0.2, 0) is 6.42 Å². The van der Waals surface area contributed by atoms with Gasteiger partial charge in [0.2, 0.25) is 0 Å². The maximum Gasteiger partial charge on any atom is 0.136 e. The Bertz CT molecular complexity index is 460. The number of thioether (sulfide) groups is 1. The minimum atomic E-state index is 0.468. The molecule has 0 atom stereocenters. The number of benzene rings is 1. The van der Waals surface area contributed by atoms with Crippen LogP contribution in [0.3, 0.4) is 0 Å². The molecule has 14 heavy (non-hydrogen) atoms. The molecule has 1 aromatic heterocycles. The van der Waals surface area contributed by atoms with Crippen LogP contribution in [0.1, 0.15) is 12.5 Å². The third-order valence-electron chi connectivity index (χ3n) is 2.37. The fraction of sp³-hybridized carbons (Fsp3) is 0.273. The van der Waals surface area contributed by atoms with Gasteiger partial charge in [-0.1, -0.05) is 19.1 Å². The Balaban J connectivity index is 2.72. The molecular weight excluding hydrogens is 212 g/mol. The van der Waals surface area contributed by atoms with Crippen molar-refractivity contribution in [2.45, 2.75) is 18.2 Å². The van der Waals surface area contributed by atoms with Gasteiger partial charge in [0.15, 0.2) is 0 Å². The first-order chi connectivity index (χ1) is 6.77. The lowest BCUT2D eigenvalue weighted by Crippen LogP contribution is -1.80. The average molecular weight is 224 g/mol. The summed E-state index contributed by atoms with van der Waals surface area (Å²) in [6.45, 7) is 2.06. The maximum atomic E-state index is 9.96. The molecule has 0 aliphatic rings. The number of aryl methyl sites for hydroxylation is 1. The van der Waals surface area contributed by atoms with Crippen molar-refractivity contribution in [1.82, 2.24) is 0 Å². The zero-order valence-corrected chi connectivity index (χ0v) is 9.84. The zero-order chi connectivity index (χ0) is 10.1. The number of fused-ring (bicyclic) bond motifs is 1. The Morgan fingerprint density at radius 3 is 2.86 bits per heavy atom. The molecule has 0 aliphatic heterocycles. The first-order valence-corrected chi connectivity index (χ1v) is 6.64. The number of phenolic OH excluding ortho intramolecular Hbond substituents is 1. The van der Waals surface area contributed by atoms with Gasteiger partial charge in [0.1, 0.15) is 5.75 Å². The highest BCUT2D eigenvalue weighted by Gasteiger charge is 2.09. The quantitative estimate of drug-likeness (QED) is 0.781. The predicted molar refractivity (Wildman–Crippen MR) is 64.6 cm³/mol. The summed E-state index contributed by atoms with van der Waals surface area (Å²) in [7, 11) is 0. The molecule has 0 amide bonds.